The molecular formula is C20H30N2O6. The van der Waals surface area contributed by atoms with Crippen molar-refractivity contribution >= 4 is 5.97 Å². The van der Waals surface area contributed by atoms with Gasteiger partial charge in [0.25, 0.3) is 0 Å². The van der Waals surface area contributed by atoms with Crippen LogP contribution >= 0.6 is 0 Å². The number of para-hydroxylation sites is 1. The molecule has 2 fully saturated rings. The first-order chi connectivity index (χ1) is 13.6. The number of nitrogens with zero attached hydrogens (tertiary/aromatic N) is 2. The molecule has 1 aromatic rings. The third-order valence-electron chi connectivity index (χ3n) is 5.11. The maximum atomic E-state index is 13.3. The minimum absolute atomic E-state index is 0.0783. The average Bonchev–Trinajstić information content (AvgIpc) is 2.72. The summed E-state index contributed by atoms with van der Waals surface area (Å²) in [7, 11) is 3.09. The monoisotopic (exact) mass is 394 g/mol. The highest BCUT2D eigenvalue weighted by molar-refractivity contribution is 5.80. The van der Waals surface area contributed by atoms with E-state index in [1.807, 2.05) is 6.92 Å². The van der Waals surface area contributed by atoms with Crippen LogP contribution in [0.5, 0.6) is 17.2 Å². The van der Waals surface area contributed by atoms with E-state index in [4.69, 9.17) is 23.7 Å². The number of esters is 1. The number of carbonyl (C=O) groups excluding carboxylic acids is 1. The number of ether oxygens (including phenoxy) is 5. The lowest BCUT2D eigenvalue weighted by Gasteiger charge is -2.38. The lowest BCUT2D eigenvalue weighted by molar-refractivity contribution is -0.145. The van der Waals surface area contributed by atoms with Crippen molar-refractivity contribution < 1.29 is 28.5 Å². The van der Waals surface area contributed by atoms with Crippen LogP contribution in [0.15, 0.2) is 18.2 Å². The molecule has 1 aromatic carbocycles. The molecule has 2 aliphatic heterocycles. The fourth-order valence-corrected chi connectivity index (χ4v) is 3.58. The van der Waals surface area contributed by atoms with E-state index in [1.165, 1.54) is 0 Å². The molecule has 0 amide bonds. The van der Waals surface area contributed by atoms with Gasteiger partial charge in [-0.15, -0.1) is 0 Å². The summed E-state index contributed by atoms with van der Waals surface area (Å²) in [5.74, 6) is 0.926. The van der Waals surface area contributed by atoms with Crippen molar-refractivity contribution in [3.63, 3.8) is 0 Å². The van der Waals surface area contributed by atoms with Crippen LogP contribution in [0.1, 0.15) is 6.92 Å². The Labute approximate surface area is 166 Å². The quantitative estimate of drug-likeness (QED) is 0.502. The number of methoxy groups -OCH3 is 2. The minimum Gasteiger partial charge on any atom is -0.493 e. The Balaban J connectivity index is 1.79. The summed E-state index contributed by atoms with van der Waals surface area (Å²) in [4.78, 5) is 17.6. The van der Waals surface area contributed by atoms with Crippen LogP contribution in [0.4, 0.5) is 0 Å². The van der Waals surface area contributed by atoms with E-state index in [2.05, 4.69) is 9.80 Å². The summed E-state index contributed by atoms with van der Waals surface area (Å²) in [5, 5.41) is 0. The lowest BCUT2D eigenvalue weighted by atomic mass is 10.1. The van der Waals surface area contributed by atoms with E-state index in [0.29, 0.717) is 56.7 Å². The summed E-state index contributed by atoms with van der Waals surface area (Å²) in [6.45, 7) is 7.57. The number of hydrogen-bond acceptors (Lipinski definition) is 8. The molecule has 0 saturated carbocycles. The van der Waals surface area contributed by atoms with Crippen LogP contribution in [0.3, 0.4) is 0 Å². The third-order valence-corrected chi connectivity index (χ3v) is 5.11. The van der Waals surface area contributed by atoms with Gasteiger partial charge in [0.05, 0.1) is 40.1 Å². The highest BCUT2D eigenvalue weighted by Crippen LogP contribution is 2.37. The lowest BCUT2D eigenvalue weighted by Crippen LogP contribution is -2.56. The van der Waals surface area contributed by atoms with Gasteiger partial charge in [-0.2, -0.15) is 0 Å². The summed E-state index contributed by atoms with van der Waals surface area (Å²) < 4.78 is 27.6. The van der Waals surface area contributed by atoms with Gasteiger partial charge in [-0.05, 0) is 19.1 Å². The predicted molar refractivity (Wildman–Crippen MR) is 103 cm³/mol. The van der Waals surface area contributed by atoms with Crippen LogP contribution in [0.25, 0.3) is 0 Å². The van der Waals surface area contributed by atoms with Gasteiger partial charge in [0.15, 0.2) is 11.5 Å². The van der Waals surface area contributed by atoms with Gasteiger partial charge in [-0.25, -0.2) is 4.79 Å². The first kappa shape index (κ1) is 20.9. The largest absolute Gasteiger partial charge is 0.493 e. The number of hydrogen-bond donors (Lipinski definition) is 0. The van der Waals surface area contributed by atoms with Crippen molar-refractivity contribution in [1.82, 2.24) is 9.80 Å². The van der Waals surface area contributed by atoms with Gasteiger partial charge in [0.2, 0.25) is 5.75 Å². The Morgan fingerprint density at radius 2 is 1.82 bits per heavy atom. The van der Waals surface area contributed by atoms with E-state index in [-0.39, 0.29) is 12.1 Å². The van der Waals surface area contributed by atoms with E-state index >= 15 is 0 Å². The molecule has 0 spiro atoms. The predicted octanol–water partition coefficient (Wildman–Crippen LogP) is 1.03. The topological polar surface area (TPSA) is 69.7 Å². The van der Waals surface area contributed by atoms with Crippen molar-refractivity contribution in [2.75, 3.05) is 66.8 Å². The maximum Gasteiger partial charge on any atom is 0.330 e. The van der Waals surface area contributed by atoms with Gasteiger partial charge in [0, 0.05) is 32.7 Å². The number of benzene rings is 1. The van der Waals surface area contributed by atoms with Gasteiger partial charge < -0.3 is 23.7 Å². The van der Waals surface area contributed by atoms with Gasteiger partial charge in [0.1, 0.15) is 6.04 Å². The highest BCUT2D eigenvalue weighted by atomic mass is 16.6. The molecular weight excluding hydrogens is 364 g/mol. The number of rotatable bonds is 7. The van der Waals surface area contributed by atoms with Gasteiger partial charge in [-0.1, -0.05) is 6.07 Å². The Kier molecular flexibility index (Phi) is 7.50. The van der Waals surface area contributed by atoms with Gasteiger partial charge in [-0.3, -0.25) is 9.80 Å². The number of morpholine rings is 2. The Morgan fingerprint density at radius 3 is 2.43 bits per heavy atom. The van der Waals surface area contributed by atoms with E-state index < -0.39 is 6.04 Å². The molecule has 0 bridgehead atoms. The van der Waals surface area contributed by atoms with Crippen LogP contribution < -0.4 is 14.2 Å². The Hall–Kier alpha value is -1.87. The van der Waals surface area contributed by atoms with Gasteiger partial charge >= 0.3 is 5.97 Å². The Morgan fingerprint density at radius 1 is 1.14 bits per heavy atom. The van der Waals surface area contributed by atoms with E-state index in [0.717, 1.165) is 13.1 Å². The van der Waals surface area contributed by atoms with Crippen molar-refractivity contribution in [2.24, 2.45) is 0 Å². The molecule has 2 heterocycles. The molecule has 2 aliphatic rings. The van der Waals surface area contributed by atoms with Crippen molar-refractivity contribution in [3.8, 4) is 17.2 Å². The first-order valence-electron chi connectivity index (χ1n) is 9.70. The van der Waals surface area contributed by atoms with Crippen LogP contribution in [0.2, 0.25) is 0 Å². The van der Waals surface area contributed by atoms with E-state index in [1.54, 1.807) is 32.4 Å². The molecule has 3 rings (SSSR count). The van der Waals surface area contributed by atoms with Crippen LogP contribution in [-0.4, -0.2) is 94.7 Å². The van der Waals surface area contributed by atoms with Crippen molar-refractivity contribution in [2.45, 2.75) is 19.1 Å². The summed E-state index contributed by atoms with van der Waals surface area (Å²) in [6.07, 6.45) is 0.0783. The summed E-state index contributed by atoms with van der Waals surface area (Å²) in [6, 6.07) is 4.89. The third kappa shape index (κ3) is 5.14. The molecule has 2 atom stereocenters. The smallest absolute Gasteiger partial charge is 0.330 e. The molecule has 0 radical (unpaired) electrons. The van der Waals surface area contributed by atoms with Crippen molar-refractivity contribution in [1.29, 1.82) is 0 Å². The summed E-state index contributed by atoms with van der Waals surface area (Å²) in [5.41, 5.74) is 0. The molecule has 0 aliphatic carbocycles. The van der Waals surface area contributed by atoms with Crippen molar-refractivity contribution in [3.05, 3.63) is 18.2 Å². The minimum atomic E-state index is -0.404. The Bertz CT molecular complexity index is 627. The fraction of sp³-hybridized carbons (Fsp3) is 0.650. The average molecular weight is 394 g/mol. The molecule has 8 nitrogen and oxygen atoms in total. The van der Waals surface area contributed by atoms with Crippen LogP contribution in [-0.2, 0) is 14.3 Å². The molecule has 0 aromatic heterocycles. The molecule has 156 valence electrons. The van der Waals surface area contributed by atoms with Crippen LogP contribution in [0, 0.1) is 0 Å². The molecule has 28 heavy (non-hydrogen) atoms. The first-order valence-corrected chi connectivity index (χ1v) is 9.70. The molecule has 2 saturated heterocycles. The molecule has 2 unspecified atom stereocenters. The second kappa shape index (κ2) is 10.1. The zero-order valence-electron chi connectivity index (χ0n) is 16.9. The zero-order chi connectivity index (χ0) is 19.9. The number of carbonyl (C=O) groups is 1. The molecule has 8 heteroatoms. The highest BCUT2D eigenvalue weighted by Gasteiger charge is 2.34. The molecule has 0 N–H and O–H groups in total. The summed E-state index contributed by atoms with van der Waals surface area (Å²) >= 11 is 0. The second-order valence-corrected chi connectivity index (χ2v) is 7.02. The normalized spacial score (nSPS) is 22.5. The SMILES string of the molecule is COc1cccc(OC)c1OC(=O)C(CN1CCOCC1)N1CCOC(C)C1. The van der Waals surface area contributed by atoms with E-state index in [9.17, 15) is 4.79 Å². The standard InChI is InChI=1S/C20H30N2O6/c1-15-13-22(9-12-27-15)16(14-21-7-10-26-11-8-21)20(23)28-19-17(24-2)5-4-6-18(19)25-3/h4-6,15-16H,7-14H2,1-3H3. The second-order valence-electron chi connectivity index (χ2n) is 7.02. The zero-order valence-corrected chi connectivity index (χ0v) is 16.9. The maximum absolute atomic E-state index is 13.3. The fourth-order valence-electron chi connectivity index (χ4n) is 3.58.